The van der Waals surface area contributed by atoms with Crippen LogP contribution in [0.5, 0.6) is 17.2 Å². The van der Waals surface area contributed by atoms with Gasteiger partial charge in [-0.25, -0.2) is 9.79 Å². The number of aromatic nitrogens is 1. The maximum absolute atomic E-state index is 13.8. The van der Waals surface area contributed by atoms with Gasteiger partial charge in [0.25, 0.3) is 5.56 Å². The fourth-order valence-corrected chi connectivity index (χ4v) is 5.54. The summed E-state index contributed by atoms with van der Waals surface area (Å²) in [4.78, 5) is 31.9. The maximum atomic E-state index is 13.8. The first-order chi connectivity index (χ1) is 17.8. The zero-order chi connectivity index (χ0) is 26.7. The normalized spacial score (nSPS) is 15.2. The van der Waals surface area contributed by atoms with Crippen LogP contribution in [0.15, 0.2) is 57.5 Å². The van der Waals surface area contributed by atoms with Crippen molar-refractivity contribution < 1.29 is 23.7 Å². The minimum absolute atomic E-state index is 0.204. The van der Waals surface area contributed by atoms with Crippen LogP contribution in [0, 0.1) is 0 Å². The number of methoxy groups -OCH3 is 2. The minimum Gasteiger partial charge on any atom is -0.494 e. The summed E-state index contributed by atoms with van der Waals surface area (Å²) < 4.78 is 23.6. The molecule has 2 heterocycles. The van der Waals surface area contributed by atoms with Crippen LogP contribution in [-0.2, 0) is 9.53 Å². The number of allylic oxidation sites excluding steroid dienone is 1. The van der Waals surface area contributed by atoms with Gasteiger partial charge in [0.15, 0.2) is 16.3 Å². The number of hydrogen-bond acceptors (Lipinski definition) is 8. The Morgan fingerprint density at radius 2 is 1.86 bits per heavy atom. The molecule has 0 saturated carbocycles. The Kier molecular flexibility index (Phi) is 8.04. The Hall–Kier alpha value is -3.56. The Morgan fingerprint density at radius 3 is 2.49 bits per heavy atom. The Labute approximate surface area is 223 Å². The lowest BCUT2D eigenvalue weighted by Gasteiger charge is -2.24. The Balaban J connectivity index is 1.91. The van der Waals surface area contributed by atoms with Crippen molar-refractivity contribution in [2.45, 2.75) is 26.8 Å². The molecule has 0 fully saturated rings. The van der Waals surface area contributed by atoms with E-state index in [9.17, 15) is 9.59 Å². The van der Waals surface area contributed by atoms with Crippen molar-refractivity contribution in [1.82, 2.24) is 4.57 Å². The summed E-state index contributed by atoms with van der Waals surface area (Å²) in [5.74, 6) is 1.04. The standard InChI is InChI=1S/C27H27ClN2O6S/c1-6-35-18-10-8-17(9-11-18)23-22(26(32)36-7-2)15(3)29-27-30(23)25(31)21(37-27)14-16-12-19(28)24(34-5)20(13-16)33-4/h8-14,23H,6-7H2,1-5H3/b21-14-/t23-/m0/s1. The topological polar surface area (TPSA) is 88.4 Å². The second-order valence-electron chi connectivity index (χ2n) is 8.04. The zero-order valence-corrected chi connectivity index (χ0v) is 22.7. The zero-order valence-electron chi connectivity index (χ0n) is 21.2. The van der Waals surface area contributed by atoms with E-state index < -0.39 is 12.0 Å². The molecule has 1 aromatic heterocycles. The summed E-state index contributed by atoms with van der Waals surface area (Å²) in [6.07, 6.45) is 1.72. The number of carbonyl (C=O) groups excluding carboxylic acids is 1. The molecule has 1 aliphatic rings. The predicted octanol–water partition coefficient (Wildman–Crippen LogP) is 3.87. The van der Waals surface area contributed by atoms with Gasteiger partial charge in [-0.3, -0.25) is 9.36 Å². The molecule has 0 N–H and O–H groups in total. The van der Waals surface area contributed by atoms with Crippen LogP contribution >= 0.6 is 22.9 Å². The molecule has 37 heavy (non-hydrogen) atoms. The van der Waals surface area contributed by atoms with Crippen molar-refractivity contribution in [3.05, 3.63) is 83.5 Å². The number of fused-ring (bicyclic) bond motifs is 1. The van der Waals surface area contributed by atoms with Crippen molar-refractivity contribution in [2.24, 2.45) is 4.99 Å². The van der Waals surface area contributed by atoms with Crippen molar-refractivity contribution in [3.63, 3.8) is 0 Å². The fraction of sp³-hybridized carbons (Fsp3) is 0.296. The summed E-state index contributed by atoms with van der Waals surface area (Å²) >= 11 is 7.60. The molecule has 3 aromatic rings. The highest BCUT2D eigenvalue weighted by atomic mass is 35.5. The van der Waals surface area contributed by atoms with Gasteiger partial charge in [-0.2, -0.15) is 0 Å². The maximum Gasteiger partial charge on any atom is 0.338 e. The van der Waals surface area contributed by atoms with E-state index in [0.29, 0.717) is 55.0 Å². The third-order valence-electron chi connectivity index (χ3n) is 5.78. The lowest BCUT2D eigenvalue weighted by atomic mass is 9.96. The molecule has 0 spiro atoms. The van der Waals surface area contributed by atoms with E-state index in [1.54, 1.807) is 32.1 Å². The van der Waals surface area contributed by atoms with Crippen LogP contribution in [0.1, 0.15) is 37.9 Å². The number of carbonyl (C=O) groups is 1. The molecule has 0 saturated heterocycles. The SMILES string of the molecule is CCOC(=O)C1=C(C)N=c2s/c(=C\c3cc(Cl)c(OC)c(OC)c3)c(=O)n2[C@H]1c1ccc(OCC)cc1. The molecule has 0 unspecified atom stereocenters. The van der Waals surface area contributed by atoms with Gasteiger partial charge >= 0.3 is 5.97 Å². The average molecular weight is 543 g/mol. The molecule has 4 rings (SSSR count). The molecule has 0 bridgehead atoms. The third-order valence-corrected chi connectivity index (χ3v) is 7.04. The number of nitrogens with zero attached hydrogens (tertiary/aromatic N) is 2. The Bertz CT molecular complexity index is 1540. The van der Waals surface area contributed by atoms with Crippen LogP contribution in [0.4, 0.5) is 0 Å². The summed E-state index contributed by atoms with van der Waals surface area (Å²) in [7, 11) is 3.02. The number of halogens is 1. The smallest absolute Gasteiger partial charge is 0.338 e. The first-order valence-electron chi connectivity index (χ1n) is 11.7. The lowest BCUT2D eigenvalue weighted by molar-refractivity contribution is -0.139. The quantitative estimate of drug-likeness (QED) is 0.402. The molecule has 10 heteroatoms. The van der Waals surface area contributed by atoms with Crippen LogP contribution in [0.25, 0.3) is 6.08 Å². The molecule has 8 nitrogen and oxygen atoms in total. The van der Waals surface area contributed by atoms with Crippen molar-refractivity contribution in [3.8, 4) is 17.2 Å². The first-order valence-corrected chi connectivity index (χ1v) is 12.9. The van der Waals surface area contributed by atoms with Gasteiger partial charge in [0, 0.05) is 0 Å². The largest absolute Gasteiger partial charge is 0.494 e. The van der Waals surface area contributed by atoms with E-state index in [4.69, 9.17) is 30.5 Å². The van der Waals surface area contributed by atoms with Crippen molar-refractivity contribution in [2.75, 3.05) is 27.4 Å². The molecule has 1 aliphatic heterocycles. The highest BCUT2D eigenvalue weighted by Crippen LogP contribution is 2.36. The number of hydrogen-bond donors (Lipinski definition) is 0. The van der Waals surface area contributed by atoms with E-state index in [-0.39, 0.29) is 12.2 Å². The van der Waals surface area contributed by atoms with E-state index in [0.717, 1.165) is 5.56 Å². The molecular weight excluding hydrogens is 516 g/mol. The third kappa shape index (κ3) is 5.14. The second kappa shape index (κ2) is 11.2. The average Bonchev–Trinajstić information content (AvgIpc) is 3.17. The van der Waals surface area contributed by atoms with Crippen LogP contribution < -0.4 is 29.1 Å². The fourth-order valence-electron chi connectivity index (χ4n) is 4.19. The number of ether oxygens (including phenoxy) is 4. The highest BCUT2D eigenvalue weighted by molar-refractivity contribution is 7.07. The first kappa shape index (κ1) is 26.5. The van der Waals surface area contributed by atoms with E-state index in [1.807, 2.05) is 31.2 Å². The number of rotatable bonds is 8. The van der Waals surface area contributed by atoms with E-state index >= 15 is 0 Å². The van der Waals surface area contributed by atoms with Gasteiger partial charge in [0.1, 0.15) is 5.75 Å². The van der Waals surface area contributed by atoms with Gasteiger partial charge in [-0.15, -0.1) is 0 Å². The minimum atomic E-state index is -0.706. The molecule has 194 valence electrons. The number of benzene rings is 2. The summed E-state index contributed by atoms with van der Waals surface area (Å²) in [6.45, 7) is 6.13. The van der Waals surface area contributed by atoms with Crippen LogP contribution in [0.3, 0.4) is 0 Å². The summed E-state index contributed by atoms with van der Waals surface area (Å²) in [6, 6.07) is 10.1. The van der Waals surface area contributed by atoms with Crippen molar-refractivity contribution >= 4 is 35.0 Å². The Morgan fingerprint density at radius 1 is 1.14 bits per heavy atom. The molecule has 2 aromatic carbocycles. The molecule has 0 radical (unpaired) electrons. The summed E-state index contributed by atoms with van der Waals surface area (Å²) in [5, 5.41) is 0.355. The van der Waals surface area contributed by atoms with Crippen molar-refractivity contribution in [1.29, 1.82) is 0 Å². The van der Waals surface area contributed by atoms with Gasteiger partial charge < -0.3 is 18.9 Å². The highest BCUT2D eigenvalue weighted by Gasteiger charge is 2.33. The predicted molar refractivity (Wildman–Crippen MR) is 143 cm³/mol. The lowest BCUT2D eigenvalue weighted by Crippen LogP contribution is -2.39. The molecule has 1 atom stereocenters. The second-order valence-corrected chi connectivity index (χ2v) is 9.46. The summed E-state index contributed by atoms with van der Waals surface area (Å²) in [5.41, 5.74) is 1.93. The van der Waals surface area contributed by atoms with Gasteiger partial charge in [-0.1, -0.05) is 35.1 Å². The van der Waals surface area contributed by atoms with Crippen LogP contribution in [-0.4, -0.2) is 38.0 Å². The monoisotopic (exact) mass is 542 g/mol. The molecule has 0 amide bonds. The molecular formula is C27H27ClN2O6S. The van der Waals surface area contributed by atoms with Gasteiger partial charge in [0.2, 0.25) is 0 Å². The van der Waals surface area contributed by atoms with E-state index in [1.165, 1.54) is 30.1 Å². The molecule has 0 aliphatic carbocycles. The van der Waals surface area contributed by atoms with E-state index in [2.05, 4.69) is 4.99 Å². The van der Waals surface area contributed by atoms with Gasteiger partial charge in [-0.05, 0) is 62.2 Å². The van der Waals surface area contributed by atoms with Crippen LogP contribution in [0.2, 0.25) is 5.02 Å². The number of thiazole rings is 1. The number of esters is 1. The van der Waals surface area contributed by atoms with Gasteiger partial charge in [0.05, 0.1) is 54.3 Å².